The summed E-state index contributed by atoms with van der Waals surface area (Å²) in [5.74, 6) is -1.56. The fourth-order valence-corrected chi connectivity index (χ4v) is 3.40. The van der Waals surface area contributed by atoms with Gasteiger partial charge in [0, 0.05) is 25.1 Å². The summed E-state index contributed by atoms with van der Waals surface area (Å²) in [5, 5.41) is 6.09. The number of rotatable bonds is 5. The van der Waals surface area contributed by atoms with Crippen LogP contribution in [0.3, 0.4) is 0 Å². The molecule has 2 aromatic rings. The number of benzene rings is 1. The molecule has 1 fully saturated rings. The van der Waals surface area contributed by atoms with Crippen LogP contribution < -0.4 is 5.32 Å². The molecule has 3 heterocycles. The summed E-state index contributed by atoms with van der Waals surface area (Å²) in [5.41, 5.74) is 2.00. The van der Waals surface area contributed by atoms with Crippen LogP contribution in [0.2, 0.25) is 0 Å². The van der Waals surface area contributed by atoms with E-state index in [2.05, 4.69) is 15.5 Å². The Labute approximate surface area is 171 Å². The molecule has 30 heavy (non-hydrogen) atoms. The molecule has 1 unspecified atom stereocenters. The Morgan fingerprint density at radius 2 is 1.93 bits per heavy atom. The molecule has 1 N–H and O–H groups in total. The van der Waals surface area contributed by atoms with Gasteiger partial charge < -0.3 is 9.42 Å². The van der Waals surface area contributed by atoms with Crippen molar-refractivity contribution in [1.82, 2.24) is 25.3 Å². The van der Waals surface area contributed by atoms with E-state index >= 15 is 0 Å². The molecule has 2 aliphatic heterocycles. The molecule has 4 amide bonds. The second-order valence-corrected chi connectivity index (χ2v) is 7.25. The molecule has 1 saturated heterocycles. The van der Waals surface area contributed by atoms with Gasteiger partial charge in [0.05, 0.1) is 6.54 Å². The van der Waals surface area contributed by atoms with Crippen LogP contribution in [0.1, 0.15) is 24.2 Å². The van der Waals surface area contributed by atoms with Gasteiger partial charge in [-0.1, -0.05) is 22.9 Å². The fourth-order valence-electron chi connectivity index (χ4n) is 3.40. The Hall–Kier alpha value is -3.82. The number of hydrogen-bond donors (Lipinski definition) is 1. The van der Waals surface area contributed by atoms with E-state index in [-0.39, 0.29) is 25.1 Å². The normalized spacial score (nSPS) is 19.2. The molecule has 1 aromatic carbocycles. The summed E-state index contributed by atoms with van der Waals surface area (Å²) >= 11 is 0. The van der Waals surface area contributed by atoms with Crippen LogP contribution in [-0.2, 0) is 25.7 Å². The van der Waals surface area contributed by atoms with E-state index < -0.39 is 29.7 Å². The van der Waals surface area contributed by atoms with E-state index in [4.69, 9.17) is 4.52 Å². The molecule has 4 rings (SSSR count). The Balaban J connectivity index is 1.46. The van der Waals surface area contributed by atoms with Crippen molar-refractivity contribution in [2.75, 3.05) is 7.05 Å². The number of carbonyl (C=O) groups is 4. The number of hydrogen-bond acceptors (Lipinski definition) is 8. The van der Waals surface area contributed by atoms with Crippen LogP contribution in [0.4, 0.5) is 0 Å². The topological polar surface area (TPSA) is 126 Å². The third-order valence-corrected chi connectivity index (χ3v) is 5.01. The molecule has 1 aromatic heterocycles. The van der Waals surface area contributed by atoms with E-state index in [9.17, 15) is 19.2 Å². The molecule has 0 radical (unpaired) electrons. The maximum absolute atomic E-state index is 12.8. The molecule has 0 saturated carbocycles. The van der Waals surface area contributed by atoms with Gasteiger partial charge >= 0.3 is 0 Å². The Morgan fingerprint density at radius 1 is 1.20 bits per heavy atom. The van der Waals surface area contributed by atoms with Crippen molar-refractivity contribution in [3.63, 3.8) is 0 Å². The lowest BCUT2D eigenvalue weighted by Crippen LogP contribution is -2.54. The largest absolute Gasteiger partial charge is 0.362 e. The van der Waals surface area contributed by atoms with Crippen molar-refractivity contribution in [2.45, 2.75) is 32.4 Å². The predicted octanol–water partition coefficient (Wildman–Crippen LogP) is 0.535. The lowest BCUT2D eigenvalue weighted by Gasteiger charge is -2.29. The van der Waals surface area contributed by atoms with Crippen molar-refractivity contribution in [1.29, 1.82) is 0 Å². The first kappa shape index (κ1) is 19.5. The van der Waals surface area contributed by atoms with E-state index in [1.807, 2.05) is 31.2 Å². The van der Waals surface area contributed by atoms with Crippen LogP contribution in [0, 0.1) is 6.92 Å². The molecule has 0 spiro atoms. The highest BCUT2D eigenvalue weighted by atomic mass is 16.5. The van der Waals surface area contributed by atoms with Gasteiger partial charge in [-0.05, 0) is 25.5 Å². The molecule has 0 bridgehead atoms. The number of aryl methyl sites for hydroxylation is 1. The van der Waals surface area contributed by atoms with Crippen LogP contribution >= 0.6 is 0 Å². The van der Waals surface area contributed by atoms with Gasteiger partial charge in [0.1, 0.15) is 11.7 Å². The Morgan fingerprint density at radius 3 is 2.63 bits per heavy atom. The number of carbonyl (C=O) groups excluding carboxylic acids is 4. The van der Waals surface area contributed by atoms with Gasteiger partial charge in [0.2, 0.25) is 11.8 Å². The molecular weight excluding hydrogens is 390 g/mol. The summed E-state index contributed by atoms with van der Waals surface area (Å²) in [7, 11) is 1.62. The van der Waals surface area contributed by atoms with E-state index in [0.29, 0.717) is 11.7 Å². The Bertz CT molecular complexity index is 1070. The molecule has 0 aliphatic carbocycles. The zero-order valence-corrected chi connectivity index (χ0v) is 16.4. The van der Waals surface area contributed by atoms with Gasteiger partial charge in [-0.3, -0.25) is 29.4 Å². The average Bonchev–Trinajstić information content (AvgIpc) is 3.27. The second kappa shape index (κ2) is 7.54. The highest BCUT2D eigenvalue weighted by Crippen LogP contribution is 2.24. The fraction of sp³-hybridized carbons (Fsp3) is 0.300. The van der Waals surface area contributed by atoms with Gasteiger partial charge in [-0.15, -0.1) is 0 Å². The lowest BCUT2D eigenvalue weighted by molar-refractivity contribution is -0.150. The first-order valence-corrected chi connectivity index (χ1v) is 9.37. The van der Waals surface area contributed by atoms with E-state index in [1.54, 1.807) is 7.05 Å². The SMILES string of the molecule is Cc1ccc(-c2nc(CN(C)C3=CC(=O)N(C4CCC(=O)NC4=O)C3=O)no2)cc1. The van der Waals surface area contributed by atoms with Crippen molar-refractivity contribution < 1.29 is 23.7 Å². The maximum Gasteiger partial charge on any atom is 0.277 e. The molecular formula is C20H19N5O5. The Kier molecular flexibility index (Phi) is 4.90. The summed E-state index contributed by atoms with van der Waals surface area (Å²) < 4.78 is 5.29. The quantitative estimate of drug-likeness (QED) is 0.709. The van der Waals surface area contributed by atoms with Crippen molar-refractivity contribution in [2.24, 2.45) is 0 Å². The second-order valence-electron chi connectivity index (χ2n) is 7.25. The highest BCUT2D eigenvalue weighted by molar-refractivity contribution is 6.18. The van der Waals surface area contributed by atoms with Crippen molar-refractivity contribution in [3.05, 3.63) is 47.4 Å². The number of piperidine rings is 1. The number of nitrogens with zero attached hydrogens (tertiary/aromatic N) is 4. The smallest absolute Gasteiger partial charge is 0.277 e. The van der Waals surface area contributed by atoms with E-state index in [1.165, 1.54) is 11.0 Å². The number of likely N-dealkylation sites (N-methyl/N-ethyl adjacent to an activating group) is 1. The number of nitrogens with one attached hydrogen (secondary N) is 1. The minimum atomic E-state index is -0.997. The van der Waals surface area contributed by atoms with Gasteiger partial charge in [-0.25, -0.2) is 0 Å². The molecule has 154 valence electrons. The summed E-state index contributed by atoms with van der Waals surface area (Å²) in [4.78, 5) is 55.3. The average molecular weight is 409 g/mol. The van der Waals surface area contributed by atoms with Crippen LogP contribution in [0.15, 0.2) is 40.6 Å². The van der Waals surface area contributed by atoms with Crippen LogP contribution in [0.25, 0.3) is 11.5 Å². The van der Waals surface area contributed by atoms with Gasteiger partial charge in [0.25, 0.3) is 17.7 Å². The third kappa shape index (κ3) is 3.59. The van der Waals surface area contributed by atoms with Crippen molar-refractivity contribution >= 4 is 23.6 Å². The maximum atomic E-state index is 12.8. The highest BCUT2D eigenvalue weighted by Gasteiger charge is 2.43. The van der Waals surface area contributed by atoms with Crippen molar-refractivity contribution in [3.8, 4) is 11.5 Å². The summed E-state index contributed by atoms with van der Waals surface area (Å²) in [6, 6.07) is 6.61. The molecule has 10 heteroatoms. The van der Waals surface area contributed by atoms with E-state index in [0.717, 1.165) is 16.0 Å². The molecule has 2 aliphatic rings. The van der Waals surface area contributed by atoms with Crippen LogP contribution in [-0.4, -0.2) is 56.7 Å². The first-order chi connectivity index (χ1) is 14.3. The third-order valence-electron chi connectivity index (χ3n) is 5.01. The zero-order valence-electron chi connectivity index (χ0n) is 16.4. The minimum Gasteiger partial charge on any atom is -0.362 e. The number of amides is 4. The summed E-state index contributed by atoms with van der Waals surface area (Å²) in [6.45, 7) is 2.10. The lowest BCUT2D eigenvalue weighted by atomic mass is 10.0. The minimum absolute atomic E-state index is 0.0727. The molecule has 1 atom stereocenters. The van der Waals surface area contributed by atoms with Crippen LogP contribution in [0.5, 0.6) is 0 Å². The standard InChI is InChI=1S/C20H19N5O5/c1-11-3-5-12(6-4-11)19-21-15(23-30-19)10-24(2)14-9-17(27)25(20(14)29)13-7-8-16(26)22-18(13)28/h3-6,9,13H,7-8,10H2,1-2H3,(H,22,26,28). The predicted molar refractivity (Wildman–Crippen MR) is 102 cm³/mol. The number of aromatic nitrogens is 2. The van der Waals surface area contributed by atoms with Gasteiger partial charge in [0.15, 0.2) is 5.82 Å². The first-order valence-electron chi connectivity index (χ1n) is 9.37. The molecule has 10 nitrogen and oxygen atoms in total. The summed E-state index contributed by atoms with van der Waals surface area (Å²) in [6.07, 6.45) is 1.36. The van der Waals surface area contributed by atoms with Gasteiger partial charge in [-0.2, -0.15) is 4.98 Å². The monoisotopic (exact) mass is 409 g/mol. The zero-order chi connectivity index (χ0) is 21.4. The number of imide groups is 2.